The van der Waals surface area contributed by atoms with E-state index in [1.165, 1.54) is 0 Å². The van der Waals surface area contributed by atoms with Crippen molar-refractivity contribution in [3.8, 4) is 11.4 Å². The van der Waals surface area contributed by atoms with E-state index in [1.54, 1.807) is 17.8 Å². The van der Waals surface area contributed by atoms with Crippen LogP contribution in [0.2, 0.25) is 0 Å². The number of thioether (sulfide) groups is 1. The van der Waals surface area contributed by atoms with Crippen molar-refractivity contribution in [2.45, 2.75) is 4.90 Å². The van der Waals surface area contributed by atoms with Crippen molar-refractivity contribution < 1.29 is 4.79 Å². The Hall–Kier alpha value is -3.58. The molecule has 0 fully saturated rings. The molecule has 156 valence electrons. The summed E-state index contributed by atoms with van der Waals surface area (Å²) in [6.45, 7) is 3.60. The molecule has 0 radical (unpaired) electrons. The van der Waals surface area contributed by atoms with Gasteiger partial charge in [0.15, 0.2) is 0 Å². The number of aromatic amines is 1. The van der Waals surface area contributed by atoms with Gasteiger partial charge < -0.3 is 15.2 Å². The summed E-state index contributed by atoms with van der Waals surface area (Å²) < 4.78 is 0. The van der Waals surface area contributed by atoms with Gasteiger partial charge in [0, 0.05) is 41.5 Å². The van der Waals surface area contributed by atoms with Gasteiger partial charge in [-0.1, -0.05) is 0 Å². The number of hydrogen-bond donors (Lipinski definition) is 2. The van der Waals surface area contributed by atoms with Crippen LogP contribution in [0.3, 0.4) is 0 Å². The zero-order valence-electron chi connectivity index (χ0n) is 17.6. The molecule has 3 aromatic carbocycles. The van der Waals surface area contributed by atoms with Crippen LogP contribution in [0.5, 0.6) is 0 Å². The highest BCUT2D eigenvalue weighted by Crippen LogP contribution is 2.30. The van der Waals surface area contributed by atoms with E-state index in [2.05, 4.69) is 44.0 Å². The first kappa shape index (κ1) is 20.7. The van der Waals surface area contributed by atoms with Gasteiger partial charge in [0.2, 0.25) is 0 Å². The number of aromatic nitrogens is 2. The molecule has 7 heteroatoms. The standard InChI is InChI=1S/C24H23N5OS/c1-25-21-14-17(8-12-22(21)31-4)26-24(30)16-7-11-19-20(13-16)28-23(27-19)15-5-9-18(10-6-15)29(2)3/h5-14H,1H2,2-4H3,(H,26,30)(H,27,28). The Bertz CT molecular complexity index is 1260. The predicted octanol–water partition coefficient (Wildman–Crippen LogP) is 5.60. The number of aliphatic imine (C=N–C) groups is 1. The second kappa shape index (κ2) is 8.65. The molecule has 4 aromatic rings. The fourth-order valence-electron chi connectivity index (χ4n) is 3.30. The van der Waals surface area contributed by atoms with Gasteiger partial charge in [-0.25, -0.2) is 4.98 Å². The maximum atomic E-state index is 12.8. The predicted molar refractivity (Wildman–Crippen MR) is 131 cm³/mol. The summed E-state index contributed by atoms with van der Waals surface area (Å²) in [6.07, 6.45) is 1.98. The van der Waals surface area contributed by atoms with Crippen molar-refractivity contribution in [3.63, 3.8) is 0 Å². The number of imidazole rings is 1. The summed E-state index contributed by atoms with van der Waals surface area (Å²) in [6, 6.07) is 19.2. The topological polar surface area (TPSA) is 73.4 Å². The number of anilines is 2. The Kier molecular flexibility index (Phi) is 5.77. The van der Waals surface area contributed by atoms with E-state index in [0.717, 1.165) is 38.7 Å². The number of benzene rings is 3. The monoisotopic (exact) mass is 429 g/mol. The Balaban J connectivity index is 1.57. The van der Waals surface area contributed by atoms with E-state index in [9.17, 15) is 4.79 Å². The van der Waals surface area contributed by atoms with Crippen molar-refractivity contribution in [3.05, 3.63) is 66.2 Å². The lowest BCUT2D eigenvalue weighted by atomic mass is 10.2. The lowest BCUT2D eigenvalue weighted by molar-refractivity contribution is 0.102. The average Bonchev–Trinajstić information content (AvgIpc) is 3.22. The summed E-state index contributed by atoms with van der Waals surface area (Å²) in [5, 5.41) is 2.93. The fourth-order valence-corrected chi connectivity index (χ4v) is 3.84. The molecular formula is C24H23N5OS. The number of H-pyrrole nitrogens is 1. The van der Waals surface area contributed by atoms with E-state index in [1.807, 2.05) is 62.8 Å². The van der Waals surface area contributed by atoms with Gasteiger partial charge in [0.1, 0.15) is 5.82 Å². The molecule has 31 heavy (non-hydrogen) atoms. The van der Waals surface area contributed by atoms with Crippen molar-refractivity contribution in [1.82, 2.24) is 9.97 Å². The van der Waals surface area contributed by atoms with E-state index in [0.29, 0.717) is 11.3 Å². The van der Waals surface area contributed by atoms with E-state index >= 15 is 0 Å². The third-order valence-corrected chi connectivity index (χ3v) is 5.79. The largest absolute Gasteiger partial charge is 0.378 e. The minimum atomic E-state index is -0.194. The Morgan fingerprint density at radius 2 is 1.87 bits per heavy atom. The van der Waals surface area contributed by atoms with Gasteiger partial charge in [0.05, 0.1) is 16.7 Å². The number of nitrogens with one attached hydrogen (secondary N) is 2. The molecule has 0 saturated heterocycles. The van der Waals surface area contributed by atoms with Crippen molar-refractivity contribution >= 4 is 52.5 Å². The summed E-state index contributed by atoms with van der Waals surface area (Å²) in [4.78, 5) is 27.9. The highest BCUT2D eigenvalue weighted by atomic mass is 32.2. The minimum absolute atomic E-state index is 0.194. The maximum Gasteiger partial charge on any atom is 0.255 e. The highest BCUT2D eigenvalue weighted by molar-refractivity contribution is 7.98. The minimum Gasteiger partial charge on any atom is -0.378 e. The quantitative estimate of drug-likeness (QED) is 0.309. The zero-order valence-corrected chi connectivity index (χ0v) is 18.5. The lowest BCUT2D eigenvalue weighted by Gasteiger charge is -2.11. The summed E-state index contributed by atoms with van der Waals surface area (Å²) in [7, 11) is 4.02. The number of hydrogen-bond acceptors (Lipinski definition) is 5. The van der Waals surface area contributed by atoms with Gasteiger partial charge in [-0.2, -0.15) is 0 Å². The smallest absolute Gasteiger partial charge is 0.255 e. The fraction of sp³-hybridized carbons (Fsp3) is 0.125. The normalized spacial score (nSPS) is 10.8. The van der Waals surface area contributed by atoms with Crippen LogP contribution < -0.4 is 10.2 Å². The van der Waals surface area contributed by atoms with Crippen molar-refractivity contribution in [2.24, 2.45) is 4.99 Å². The molecule has 4 rings (SSSR count). The second-order valence-electron chi connectivity index (χ2n) is 7.26. The molecule has 0 aliphatic heterocycles. The molecule has 0 unspecified atom stereocenters. The van der Waals surface area contributed by atoms with Crippen LogP contribution in [0, 0.1) is 0 Å². The molecule has 2 N–H and O–H groups in total. The Morgan fingerprint density at radius 1 is 1.10 bits per heavy atom. The van der Waals surface area contributed by atoms with E-state index in [-0.39, 0.29) is 5.91 Å². The SMILES string of the molecule is C=Nc1cc(NC(=O)c2ccc3nc(-c4ccc(N(C)C)cc4)[nH]c3c2)ccc1SC. The van der Waals surface area contributed by atoms with Crippen LogP contribution in [0.25, 0.3) is 22.4 Å². The summed E-state index contributed by atoms with van der Waals surface area (Å²) >= 11 is 1.59. The van der Waals surface area contributed by atoms with Crippen LogP contribution in [0.15, 0.2) is 70.6 Å². The van der Waals surface area contributed by atoms with E-state index < -0.39 is 0 Å². The first-order chi connectivity index (χ1) is 15.0. The van der Waals surface area contributed by atoms with Crippen LogP contribution in [0.4, 0.5) is 17.1 Å². The molecule has 1 amide bonds. The summed E-state index contributed by atoms with van der Waals surface area (Å²) in [5.74, 6) is 0.576. The molecule has 0 spiro atoms. The van der Waals surface area contributed by atoms with Crippen LogP contribution in [-0.4, -0.2) is 42.9 Å². The van der Waals surface area contributed by atoms with Gasteiger partial charge in [-0.05, 0) is 73.6 Å². The summed E-state index contributed by atoms with van der Waals surface area (Å²) in [5.41, 5.74) is 5.71. The first-order valence-electron chi connectivity index (χ1n) is 9.72. The Morgan fingerprint density at radius 3 is 2.55 bits per heavy atom. The number of fused-ring (bicyclic) bond motifs is 1. The van der Waals surface area contributed by atoms with Gasteiger partial charge in [-0.15, -0.1) is 11.8 Å². The van der Waals surface area contributed by atoms with E-state index in [4.69, 9.17) is 0 Å². The van der Waals surface area contributed by atoms with Gasteiger partial charge in [-0.3, -0.25) is 9.79 Å². The Labute approximate surface area is 185 Å². The lowest BCUT2D eigenvalue weighted by Crippen LogP contribution is -2.11. The molecule has 6 nitrogen and oxygen atoms in total. The average molecular weight is 430 g/mol. The first-order valence-corrected chi connectivity index (χ1v) is 10.9. The number of nitrogens with zero attached hydrogens (tertiary/aromatic N) is 3. The molecule has 1 heterocycles. The molecular weight excluding hydrogens is 406 g/mol. The zero-order chi connectivity index (χ0) is 22.0. The third-order valence-electron chi connectivity index (χ3n) is 5.01. The molecule has 0 atom stereocenters. The number of amides is 1. The molecule has 0 aliphatic carbocycles. The molecule has 1 aromatic heterocycles. The van der Waals surface area contributed by atoms with Crippen LogP contribution in [-0.2, 0) is 0 Å². The molecule has 0 saturated carbocycles. The maximum absolute atomic E-state index is 12.8. The van der Waals surface area contributed by atoms with Crippen molar-refractivity contribution in [1.29, 1.82) is 0 Å². The van der Waals surface area contributed by atoms with Crippen LogP contribution >= 0.6 is 11.8 Å². The molecule has 0 aliphatic rings. The second-order valence-corrected chi connectivity index (χ2v) is 8.11. The third kappa shape index (κ3) is 4.32. The number of rotatable bonds is 6. The van der Waals surface area contributed by atoms with Crippen molar-refractivity contribution in [2.75, 3.05) is 30.6 Å². The van der Waals surface area contributed by atoms with Gasteiger partial charge >= 0.3 is 0 Å². The number of carbonyl (C=O) groups is 1. The van der Waals surface area contributed by atoms with Crippen LogP contribution in [0.1, 0.15) is 10.4 Å². The number of carbonyl (C=O) groups excluding carboxylic acids is 1. The van der Waals surface area contributed by atoms with Gasteiger partial charge in [0.25, 0.3) is 5.91 Å². The highest BCUT2D eigenvalue weighted by Gasteiger charge is 2.12. The molecule has 0 bridgehead atoms.